The van der Waals surface area contributed by atoms with Gasteiger partial charge in [-0.3, -0.25) is 9.59 Å². The minimum Gasteiger partial charge on any atom is -0.495 e. The minimum absolute atomic E-state index is 0.0202. The van der Waals surface area contributed by atoms with Crippen LogP contribution in [0.5, 0.6) is 5.75 Å². The quantitative estimate of drug-likeness (QED) is 0.353. The fraction of sp³-hybridized carbons (Fsp3) is 0.273. The number of thioether (sulfide) groups is 1. The van der Waals surface area contributed by atoms with E-state index in [1.54, 1.807) is 31.4 Å². The smallest absolute Gasteiger partial charge is 0.229 e. The van der Waals surface area contributed by atoms with Crippen molar-refractivity contribution < 1.29 is 14.3 Å². The predicted octanol–water partition coefficient (Wildman–Crippen LogP) is 5.25. The lowest BCUT2D eigenvalue weighted by atomic mass is 9.95. The number of Topliss-reactive ketones (excluding diaryl/α,β-unsaturated/α-hetero) is 1. The Balaban J connectivity index is 1.55. The molecule has 7 nitrogen and oxygen atoms in total. The summed E-state index contributed by atoms with van der Waals surface area (Å²) in [4.78, 5) is 24.6. The number of anilines is 3. The summed E-state index contributed by atoms with van der Waals surface area (Å²) in [6.45, 7) is 5.55. The number of rotatable bonds is 8. The Morgan fingerprint density at radius 3 is 2.45 bits per heavy atom. The van der Waals surface area contributed by atoms with Gasteiger partial charge in [0.1, 0.15) is 5.75 Å². The molecule has 0 fully saturated rings. The van der Waals surface area contributed by atoms with Crippen molar-refractivity contribution in [3.63, 3.8) is 0 Å². The monoisotopic (exact) mass is 456 g/mol. The van der Waals surface area contributed by atoms with Crippen LogP contribution in [0.3, 0.4) is 0 Å². The second-order valence-corrected chi connectivity index (χ2v) is 9.89. The van der Waals surface area contributed by atoms with Crippen LogP contribution in [0.2, 0.25) is 0 Å². The van der Waals surface area contributed by atoms with Crippen LogP contribution in [0.4, 0.5) is 16.5 Å². The Kier molecular flexibility index (Phi) is 7.29. The normalized spacial score (nSPS) is 11.1. The summed E-state index contributed by atoms with van der Waals surface area (Å²) < 4.78 is 6.01. The molecule has 0 bridgehead atoms. The van der Waals surface area contributed by atoms with Gasteiger partial charge >= 0.3 is 0 Å². The van der Waals surface area contributed by atoms with E-state index in [2.05, 4.69) is 20.8 Å². The number of carbonyl (C=O) groups excluding carboxylic acids is 2. The van der Waals surface area contributed by atoms with Gasteiger partial charge in [0.15, 0.2) is 10.1 Å². The molecule has 3 rings (SSSR count). The van der Waals surface area contributed by atoms with Gasteiger partial charge in [-0.05, 0) is 36.4 Å². The average Bonchev–Trinajstić information content (AvgIpc) is 3.19. The summed E-state index contributed by atoms with van der Waals surface area (Å²) in [5.74, 6) is 0.866. The second-order valence-electron chi connectivity index (χ2n) is 7.69. The molecule has 2 aromatic carbocycles. The highest BCUT2D eigenvalue weighted by Crippen LogP contribution is 2.31. The Morgan fingerprint density at radius 1 is 1.06 bits per heavy atom. The molecule has 0 aliphatic carbocycles. The van der Waals surface area contributed by atoms with Crippen molar-refractivity contribution in [1.29, 1.82) is 0 Å². The van der Waals surface area contributed by atoms with Crippen LogP contribution in [-0.2, 0) is 4.79 Å². The van der Waals surface area contributed by atoms with Gasteiger partial charge in [0.2, 0.25) is 11.0 Å². The Morgan fingerprint density at radius 2 is 1.77 bits per heavy atom. The summed E-state index contributed by atoms with van der Waals surface area (Å²) in [6.07, 6.45) is 0. The van der Waals surface area contributed by atoms with Crippen LogP contribution in [0.25, 0.3) is 0 Å². The highest BCUT2D eigenvalue weighted by atomic mass is 32.2. The summed E-state index contributed by atoms with van der Waals surface area (Å²) in [7, 11) is 1.61. The molecule has 1 amide bonds. The zero-order valence-electron chi connectivity index (χ0n) is 17.8. The molecule has 31 heavy (non-hydrogen) atoms. The second kappa shape index (κ2) is 9.93. The number of para-hydroxylation sites is 2. The van der Waals surface area contributed by atoms with Gasteiger partial charge in [-0.2, -0.15) is 0 Å². The fourth-order valence-corrected chi connectivity index (χ4v) is 4.11. The number of nitrogens with one attached hydrogen (secondary N) is 2. The number of ketones is 1. The molecule has 3 aromatic rings. The lowest BCUT2D eigenvalue weighted by Gasteiger charge is -2.17. The molecule has 0 saturated carbocycles. The van der Waals surface area contributed by atoms with E-state index >= 15 is 0 Å². The van der Waals surface area contributed by atoms with E-state index in [4.69, 9.17) is 4.74 Å². The lowest BCUT2D eigenvalue weighted by Crippen LogP contribution is -2.27. The lowest BCUT2D eigenvalue weighted by molar-refractivity contribution is -0.123. The summed E-state index contributed by atoms with van der Waals surface area (Å²) >= 11 is 2.71. The maximum Gasteiger partial charge on any atom is 0.229 e. The molecule has 0 saturated heterocycles. The van der Waals surface area contributed by atoms with E-state index in [0.29, 0.717) is 26.5 Å². The number of hydrogen-bond donors (Lipinski definition) is 2. The predicted molar refractivity (Wildman–Crippen MR) is 126 cm³/mol. The number of aromatic nitrogens is 2. The fourth-order valence-electron chi connectivity index (χ4n) is 2.45. The number of benzene rings is 2. The number of hydrogen-bond acceptors (Lipinski definition) is 8. The van der Waals surface area contributed by atoms with Gasteiger partial charge in [-0.15, -0.1) is 10.2 Å². The van der Waals surface area contributed by atoms with Gasteiger partial charge in [0.05, 0.1) is 18.6 Å². The van der Waals surface area contributed by atoms with Crippen molar-refractivity contribution in [1.82, 2.24) is 10.2 Å². The third-order valence-electron chi connectivity index (χ3n) is 4.23. The molecule has 0 atom stereocenters. The molecular formula is C22H24N4O3S2. The molecule has 1 heterocycles. The van der Waals surface area contributed by atoms with Gasteiger partial charge in [0.25, 0.3) is 0 Å². The summed E-state index contributed by atoms with van der Waals surface area (Å²) in [5, 5.41) is 14.9. The topological polar surface area (TPSA) is 93.2 Å². The first-order chi connectivity index (χ1) is 14.8. The van der Waals surface area contributed by atoms with Crippen LogP contribution in [-0.4, -0.2) is 34.8 Å². The molecular weight excluding hydrogens is 432 g/mol. The van der Waals surface area contributed by atoms with Gasteiger partial charge < -0.3 is 15.4 Å². The number of amides is 1. The van der Waals surface area contributed by atoms with Crippen LogP contribution in [0.1, 0.15) is 31.1 Å². The zero-order chi connectivity index (χ0) is 22.4. The first kappa shape index (κ1) is 22.8. The van der Waals surface area contributed by atoms with E-state index in [9.17, 15) is 9.59 Å². The van der Waals surface area contributed by atoms with Crippen molar-refractivity contribution in [2.75, 3.05) is 23.5 Å². The van der Waals surface area contributed by atoms with E-state index < -0.39 is 5.41 Å². The molecule has 1 aromatic heterocycles. The van der Waals surface area contributed by atoms with E-state index in [1.165, 1.54) is 23.1 Å². The minimum atomic E-state index is -0.480. The Labute approximate surface area is 189 Å². The molecule has 0 radical (unpaired) electrons. The number of nitrogens with zero attached hydrogens (tertiary/aromatic N) is 2. The first-order valence-electron chi connectivity index (χ1n) is 9.57. The standard InChI is InChI=1S/C22H24N4O3S2/c1-22(2,3)19(28)23-15-11-9-14(10-12-15)17(27)13-30-21-26-25-20(31-21)24-16-7-5-6-8-18(16)29-4/h5-12H,13H2,1-4H3,(H,23,28)(H,24,25). The van der Waals surface area contributed by atoms with Crippen molar-refractivity contribution >= 4 is 51.3 Å². The van der Waals surface area contributed by atoms with Crippen LogP contribution >= 0.6 is 23.1 Å². The first-order valence-corrected chi connectivity index (χ1v) is 11.4. The molecule has 9 heteroatoms. The van der Waals surface area contributed by atoms with E-state index in [1.807, 2.05) is 45.0 Å². The van der Waals surface area contributed by atoms with Gasteiger partial charge in [-0.25, -0.2) is 0 Å². The van der Waals surface area contributed by atoms with Gasteiger partial charge in [-0.1, -0.05) is 56.0 Å². The van der Waals surface area contributed by atoms with Gasteiger partial charge in [0, 0.05) is 16.7 Å². The number of methoxy groups -OCH3 is 1. The SMILES string of the molecule is COc1ccccc1Nc1nnc(SCC(=O)c2ccc(NC(=O)C(C)(C)C)cc2)s1. The van der Waals surface area contributed by atoms with Crippen LogP contribution in [0, 0.1) is 5.41 Å². The largest absolute Gasteiger partial charge is 0.495 e. The third kappa shape index (κ3) is 6.28. The van der Waals surface area contributed by atoms with Crippen LogP contribution < -0.4 is 15.4 Å². The molecule has 0 aliphatic heterocycles. The third-order valence-corrected chi connectivity index (χ3v) is 6.20. The highest BCUT2D eigenvalue weighted by Gasteiger charge is 2.21. The maximum atomic E-state index is 12.5. The van der Waals surface area contributed by atoms with E-state index in [-0.39, 0.29) is 17.4 Å². The van der Waals surface area contributed by atoms with Crippen molar-refractivity contribution in [3.05, 3.63) is 54.1 Å². The van der Waals surface area contributed by atoms with E-state index in [0.717, 1.165) is 5.69 Å². The summed E-state index contributed by atoms with van der Waals surface area (Å²) in [6, 6.07) is 14.5. The number of carbonyl (C=O) groups is 2. The molecule has 0 spiro atoms. The Bertz CT molecular complexity index is 1060. The molecule has 0 unspecified atom stereocenters. The van der Waals surface area contributed by atoms with Crippen molar-refractivity contribution in [2.45, 2.75) is 25.1 Å². The van der Waals surface area contributed by atoms with Crippen molar-refractivity contribution in [2.24, 2.45) is 5.41 Å². The summed E-state index contributed by atoms with van der Waals surface area (Å²) in [5.41, 5.74) is 1.57. The molecule has 162 valence electrons. The van der Waals surface area contributed by atoms with Crippen molar-refractivity contribution in [3.8, 4) is 5.75 Å². The molecule has 0 aliphatic rings. The Hall–Kier alpha value is -2.91. The maximum absolute atomic E-state index is 12.5. The molecule has 2 N–H and O–H groups in total. The van der Waals surface area contributed by atoms with Crippen LogP contribution in [0.15, 0.2) is 52.9 Å². The highest BCUT2D eigenvalue weighted by molar-refractivity contribution is 8.01. The zero-order valence-corrected chi connectivity index (χ0v) is 19.4. The number of ether oxygens (including phenoxy) is 1. The average molecular weight is 457 g/mol.